The number of aliphatic hydroxyl groups is 1. The molecule has 3 saturated heterocycles. The highest BCUT2D eigenvalue weighted by atomic mass is 16.6. The number of unbranched alkanes of at least 4 members (excludes halogenated alkanes) is 2. The van der Waals surface area contributed by atoms with Crippen LogP contribution >= 0.6 is 0 Å². The Morgan fingerprint density at radius 1 is 1.29 bits per heavy atom. The number of amides is 2. The summed E-state index contributed by atoms with van der Waals surface area (Å²) in [7, 11) is 0. The third-order valence-electron chi connectivity index (χ3n) is 8.12. The molecule has 0 aliphatic carbocycles. The molecule has 8 nitrogen and oxygen atoms in total. The molecule has 2 bridgehead atoms. The fraction of sp³-hybridized carbons (Fsp3) is 0.741. The van der Waals surface area contributed by atoms with Crippen LogP contribution in [0, 0.1) is 17.8 Å². The maximum atomic E-state index is 14.1. The fourth-order valence-corrected chi connectivity index (χ4v) is 6.36. The zero-order chi connectivity index (χ0) is 25.8. The van der Waals surface area contributed by atoms with E-state index in [2.05, 4.69) is 20.1 Å². The number of rotatable bonds is 14. The van der Waals surface area contributed by atoms with Crippen LogP contribution in [0.4, 0.5) is 0 Å². The van der Waals surface area contributed by atoms with Gasteiger partial charge in [-0.15, -0.1) is 13.2 Å². The number of likely N-dealkylation sites (tertiary alicyclic amines) is 1. The van der Waals surface area contributed by atoms with Crippen LogP contribution in [0.2, 0.25) is 0 Å². The first kappa shape index (κ1) is 27.4. The van der Waals surface area contributed by atoms with Gasteiger partial charge in [-0.25, -0.2) is 0 Å². The largest absolute Gasteiger partial charge is 0.465 e. The van der Waals surface area contributed by atoms with Crippen molar-refractivity contribution in [2.75, 3.05) is 32.8 Å². The van der Waals surface area contributed by atoms with Crippen molar-refractivity contribution in [3.63, 3.8) is 0 Å². The summed E-state index contributed by atoms with van der Waals surface area (Å²) < 4.78 is 12.2. The highest BCUT2D eigenvalue weighted by Gasteiger charge is 2.80. The quantitative estimate of drug-likeness (QED) is 0.229. The zero-order valence-corrected chi connectivity index (χ0v) is 21.5. The molecule has 8 heteroatoms. The number of ether oxygens (including phenoxy) is 2. The van der Waals surface area contributed by atoms with Crippen LogP contribution in [0.5, 0.6) is 0 Å². The van der Waals surface area contributed by atoms with E-state index < -0.39 is 35.0 Å². The summed E-state index contributed by atoms with van der Waals surface area (Å²) in [6.07, 6.45) is 7.64. The SMILES string of the molecule is C=CCCOC(=O)[C@@H]1[C@H]2C(=O)N(CCCO)C(C(=O)N(CC=C)CCCCC)C23CC(C)[C@@]1(C)O3. The molecule has 196 valence electrons. The van der Waals surface area contributed by atoms with E-state index in [4.69, 9.17) is 9.47 Å². The molecule has 35 heavy (non-hydrogen) atoms. The number of hydrogen-bond acceptors (Lipinski definition) is 6. The summed E-state index contributed by atoms with van der Waals surface area (Å²) in [6, 6.07) is -0.844. The van der Waals surface area contributed by atoms with Gasteiger partial charge in [-0.1, -0.05) is 38.8 Å². The minimum Gasteiger partial charge on any atom is -0.465 e. The minimum atomic E-state index is -1.09. The Labute approximate surface area is 209 Å². The first-order chi connectivity index (χ1) is 16.7. The molecular formula is C27H42N2O6. The second-order valence-corrected chi connectivity index (χ2v) is 10.3. The topological polar surface area (TPSA) is 96.4 Å². The first-order valence-corrected chi connectivity index (χ1v) is 13.0. The first-order valence-electron chi connectivity index (χ1n) is 13.0. The summed E-state index contributed by atoms with van der Waals surface area (Å²) in [5.74, 6) is -2.50. The van der Waals surface area contributed by atoms with Crippen molar-refractivity contribution in [2.45, 2.75) is 76.5 Å². The summed E-state index contributed by atoms with van der Waals surface area (Å²) in [5, 5.41) is 9.49. The molecule has 0 aromatic heterocycles. The molecule has 6 atom stereocenters. The van der Waals surface area contributed by atoms with Crippen LogP contribution in [-0.2, 0) is 23.9 Å². The molecule has 3 aliphatic heterocycles. The molecule has 2 amide bonds. The van der Waals surface area contributed by atoms with Crippen LogP contribution in [-0.4, -0.2) is 82.8 Å². The fourth-order valence-electron chi connectivity index (χ4n) is 6.36. The Kier molecular flexibility index (Phi) is 8.81. The number of carbonyl (C=O) groups is 3. The summed E-state index contributed by atoms with van der Waals surface area (Å²) >= 11 is 0. The van der Waals surface area contributed by atoms with Crippen molar-refractivity contribution in [3.8, 4) is 0 Å². The van der Waals surface area contributed by atoms with Crippen LogP contribution in [0.1, 0.15) is 59.3 Å². The zero-order valence-electron chi connectivity index (χ0n) is 21.5. The Bertz CT molecular complexity index is 830. The van der Waals surface area contributed by atoms with Gasteiger partial charge >= 0.3 is 5.97 Å². The third-order valence-corrected chi connectivity index (χ3v) is 8.12. The van der Waals surface area contributed by atoms with E-state index in [1.54, 1.807) is 22.0 Å². The van der Waals surface area contributed by atoms with Gasteiger partial charge in [0.25, 0.3) is 0 Å². The molecule has 3 fully saturated rings. The molecular weight excluding hydrogens is 448 g/mol. The van der Waals surface area contributed by atoms with Crippen molar-refractivity contribution in [2.24, 2.45) is 17.8 Å². The third kappa shape index (κ3) is 4.67. The van der Waals surface area contributed by atoms with Gasteiger partial charge in [0.15, 0.2) is 0 Å². The van der Waals surface area contributed by atoms with E-state index in [9.17, 15) is 19.5 Å². The highest BCUT2D eigenvalue weighted by Crippen LogP contribution is 2.65. The Morgan fingerprint density at radius 2 is 2.03 bits per heavy atom. The van der Waals surface area contributed by atoms with Crippen molar-refractivity contribution < 1.29 is 29.0 Å². The van der Waals surface area contributed by atoms with Crippen LogP contribution in [0.25, 0.3) is 0 Å². The number of fused-ring (bicyclic) bond motifs is 1. The molecule has 0 aromatic rings. The van der Waals surface area contributed by atoms with E-state index in [1.165, 1.54) is 0 Å². The van der Waals surface area contributed by atoms with Crippen molar-refractivity contribution >= 4 is 17.8 Å². The Morgan fingerprint density at radius 3 is 2.66 bits per heavy atom. The van der Waals surface area contributed by atoms with Crippen LogP contribution in [0.3, 0.4) is 0 Å². The highest BCUT2D eigenvalue weighted by molar-refractivity contribution is 5.98. The lowest BCUT2D eigenvalue weighted by atomic mass is 9.62. The molecule has 3 rings (SSSR count). The van der Waals surface area contributed by atoms with Gasteiger partial charge in [0.05, 0.1) is 18.1 Å². The average Bonchev–Trinajstić information content (AvgIpc) is 3.33. The van der Waals surface area contributed by atoms with Gasteiger partial charge in [-0.05, 0) is 38.5 Å². The van der Waals surface area contributed by atoms with Gasteiger partial charge in [0.1, 0.15) is 17.6 Å². The van der Waals surface area contributed by atoms with E-state index in [1.807, 2.05) is 13.8 Å². The summed E-state index contributed by atoms with van der Waals surface area (Å²) in [5.41, 5.74) is -1.98. The molecule has 1 spiro atoms. The van der Waals surface area contributed by atoms with Gasteiger partial charge in [0.2, 0.25) is 11.8 Å². The second kappa shape index (κ2) is 11.2. The smallest absolute Gasteiger partial charge is 0.312 e. The number of esters is 1. The van der Waals surface area contributed by atoms with E-state index in [-0.39, 0.29) is 37.5 Å². The monoisotopic (exact) mass is 490 g/mol. The number of aliphatic hydroxyl groups excluding tert-OH is 1. The molecule has 3 aliphatic rings. The predicted molar refractivity (Wildman–Crippen MR) is 132 cm³/mol. The van der Waals surface area contributed by atoms with Crippen molar-refractivity contribution in [3.05, 3.63) is 25.3 Å². The van der Waals surface area contributed by atoms with Gasteiger partial charge in [-0.3, -0.25) is 14.4 Å². The normalized spacial score (nSPS) is 33.0. The summed E-state index contributed by atoms with van der Waals surface area (Å²) in [4.78, 5) is 44.6. The molecule has 0 radical (unpaired) electrons. The molecule has 3 heterocycles. The average molecular weight is 491 g/mol. The maximum absolute atomic E-state index is 14.1. The lowest BCUT2D eigenvalue weighted by Crippen LogP contribution is -2.56. The van der Waals surface area contributed by atoms with Gasteiger partial charge in [-0.2, -0.15) is 0 Å². The molecule has 3 unspecified atom stereocenters. The molecule has 1 N–H and O–H groups in total. The van der Waals surface area contributed by atoms with Gasteiger partial charge in [0, 0.05) is 26.2 Å². The minimum absolute atomic E-state index is 0.0375. The van der Waals surface area contributed by atoms with Crippen LogP contribution < -0.4 is 0 Å². The molecule has 0 aromatic carbocycles. The maximum Gasteiger partial charge on any atom is 0.312 e. The summed E-state index contributed by atoms with van der Waals surface area (Å²) in [6.45, 7) is 14.7. The Balaban J connectivity index is 2.01. The van der Waals surface area contributed by atoms with E-state index in [0.717, 1.165) is 19.3 Å². The molecule has 0 saturated carbocycles. The lowest BCUT2D eigenvalue weighted by Gasteiger charge is -2.37. The predicted octanol–water partition coefficient (Wildman–Crippen LogP) is 2.70. The Hall–Kier alpha value is -2.19. The van der Waals surface area contributed by atoms with Crippen molar-refractivity contribution in [1.29, 1.82) is 0 Å². The number of hydrogen-bond donors (Lipinski definition) is 1. The number of carbonyl (C=O) groups excluding carboxylic acids is 3. The van der Waals surface area contributed by atoms with Crippen molar-refractivity contribution in [1.82, 2.24) is 9.80 Å². The second-order valence-electron chi connectivity index (χ2n) is 10.3. The van der Waals surface area contributed by atoms with Crippen LogP contribution in [0.15, 0.2) is 25.3 Å². The lowest BCUT2D eigenvalue weighted by molar-refractivity contribution is -0.162. The van der Waals surface area contributed by atoms with Gasteiger partial charge < -0.3 is 24.4 Å². The standard InChI is InChI=1S/C27H42N2O6/c1-6-9-11-14-28(13-8-3)24(32)22-27-18-19(4)26(5,35-27)21(25(33)34-17-10-7-2)20(27)23(31)29(22)15-12-16-30/h7-8,19-22,30H,2-3,6,9-18H2,1,4-5H3/t19?,20-,21-,22?,26+,27?/m0/s1. The number of nitrogens with zero attached hydrogens (tertiary/aromatic N) is 2. The van der Waals surface area contributed by atoms with E-state index >= 15 is 0 Å². The van der Waals surface area contributed by atoms with E-state index in [0.29, 0.717) is 32.4 Å².